The van der Waals surface area contributed by atoms with Gasteiger partial charge in [-0.1, -0.05) is 30.8 Å². The van der Waals surface area contributed by atoms with Gasteiger partial charge in [0.2, 0.25) is 0 Å². The van der Waals surface area contributed by atoms with E-state index in [1.54, 1.807) is 6.20 Å². The van der Waals surface area contributed by atoms with Crippen LogP contribution in [0.4, 0.5) is 5.69 Å². The van der Waals surface area contributed by atoms with Gasteiger partial charge in [0, 0.05) is 35.6 Å². The number of nitrogens with one attached hydrogen (secondary N) is 2. The molecule has 2 aromatic heterocycles. The smallest absolute Gasteiger partial charge is 0.116 e. The zero-order valence-corrected chi connectivity index (χ0v) is 16.9. The van der Waals surface area contributed by atoms with Crippen LogP contribution in [-0.2, 0) is 6.54 Å². The molecule has 0 aliphatic carbocycles. The number of benzene rings is 2. The number of aromatic nitrogens is 3. The fraction of sp³-hybridized carbons (Fsp3) is 0.200. The van der Waals surface area contributed by atoms with Crippen molar-refractivity contribution >= 4 is 22.3 Å². The minimum Gasteiger partial charge on any atom is -0.354 e. The maximum Gasteiger partial charge on any atom is 0.116 e. The van der Waals surface area contributed by atoms with E-state index in [1.165, 1.54) is 31.5 Å². The second-order valence-corrected chi connectivity index (χ2v) is 7.86. The first-order valence-corrected chi connectivity index (χ1v) is 10.4. The predicted octanol–water partition coefficient (Wildman–Crippen LogP) is 5.30. The monoisotopic (exact) mass is 395 g/mol. The Hall–Kier alpha value is -3.44. The molecule has 2 aromatic carbocycles. The van der Waals surface area contributed by atoms with E-state index in [1.807, 2.05) is 12.3 Å². The van der Waals surface area contributed by atoms with Gasteiger partial charge in [0.1, 0.15) is 5.69 Å². The van der Waals surface area contributed by atoms with Crippen LogP contribution < -0.4 is 5.32 Å². The number of H-pyrrole nitrogens is 1. The highest BCUT2D eigenvalue weighted by Crippen LogP contribution is 2.28. The highest BCUT2D eigenvalue weighted by molar-refractivity contribution is 5.95. The average molecular weight is 396 g/mol. The topological polar surface area (TPSA) is 56.8 Å². The molecule has 2 N–H and O–H groups in total. The lowest BCUT2D eigenvalue weighted by atomic mass is 10.0. The number of rotatable bonds is 6. The molecule has 5 heteroatoms. The van der Waals surface area contributed by atoms with Gasteiger partial charge < -0.3 is 5.32 Å². The minimum atomic E-state index is 0.775. The summed E-state index contributed by atoms with van der Waals surface area (Å²) in [4.78, 5) is 6.74. The molecule has 0 unspecified atom stereocenters. The molecule has 0 saturated carbocycles. The largest absolute Gasteiger partial charge is 0.354 e. The first kappa shape index (κ1) is 18.6. The van der Waals surface area contributed by atoms with Crippen LogP contribution in [0.3, 0.4) is 0 Å². The van der Waals surface area contributed by atoms with E-state index in [0.717, 1.165) is 45.7 Å². The number of hydrogen-bond acceptors (Lipinski definition) is 4. The second kappa shape index (κ2) is 8.13. The van der Waals surface area contributed by atoms with Crippen molar-refractivity contribution in [3.8, 4) is 11.1 Å². The predicted molar refractivity (Wildman–Crippen MR) is 123 cm³/mol. The quantitative estimate of drug-likeness (QED) is 0.465. The molecule has 0 amide bonds. The number of fused-ring (bicyclic) bond motifs is 1. The van der Waals surface area contributed by atoms with E-state index in [-0.39, 0.29) is 0 Å². The normalized spacial score (nSPS) is 14.3. The molecule has 1 saturated heterocycles. The number of anilines is 1. The Morgan fingerprint density at radius 1 is 1.03 bits per heavy atom. The molecule has 1 aliphatic heterocycles. The van der Waals surface area contributed by atoms with Gasteiger partial charge in [-0.3, -0.25) is 15.0 Å². The Balaban J connectivity index is 1.34. The molecule has 0 atom stereocenters. The molecule has 1 aliphatic rings. The molecule has 150 valence electrons. The summed E-state index contributed by atoms with van der Waals surface area (Å²) in [5.41, 5.74) is 7.15. The van der Waals surface area contributed by atoms with Crippen LogP contribution in [0, 0.1) is 0 Å². The average Bonchev–Trinajstić information content (AvgIpc) is 3.45. The fourth-order valence-electron chi connectivity index (χ4n) is 4.08. The summed E-state index contributed by atoms with van der Waals surface area (Å²) < 4.78 is 0. The third kappa shape index (κ3) is 3.84. The molecular formula is C25H25N5. The van der Waals surface area contributed by atoms with Crippen LogP contribution >= 0.6 is 0 Å². The van der Waals surface area contributed by atoms with Crippen LogP contribution in [0.25, 0.3) is 27.7 Å². The Bertz CT molecular complexity index is 1160. The third-order valence-corrected chi connectivity index (χ3v) is 5.70. The Labute approximate surface area is 176 Å². The van der Waals surface area contributed by atoms with Gasteiger partial charge in [0.05, 0.1) is 11.2 Å². The number of pyridine rings is 1. The molecule has 0 radical (unpaired) electrons. The zero-order valence-electron chi connectivity index (χ0n) is 16.9. The number of nitrogens with zero attached hydrogens (tertiary/aromatic N) is 3. The van der Waals surface area contributed by atoms with Crippen LogP contribution in [0.1, 0.15) is 24.1 Å². The molecule has 5 nitrogen and oxygen atoms in total. The van der Waals surface area contributed by atoms with Crippen molar-refractivity contribution in [2.45, 2.75) is 19.4 Å². The van der Waals surface area contributed by atoms with Gasteiger partial charge in [-0.2, -0.15) is 5.10 Å². The number of hydrogen-bond donors (Lipinski definition) is 2. The lowest BCUT2D eigenvalue weighted by molar-refractivity contribution is 0.331. The fourth-order valence-corrected chi connectivity index (χ4v) is 4.08. The number of likely N-dealkylation sites (tertiary alicyclic amines) is 1. The van der Waals surface area contributed by atoms with Gasteiger partial charge in [-0.25, -0.2) is 0 Å². The Morgan fingerprint density at radius 3 is 2.63 bits per heavy atom. The van der Waals surface area contributed by atoms with Gasteiger partial charge in [0.25, 0.3) is 0 Å². The lowest BCUT2D eigenvalue weighted by Gasteiger charge is -2.15. The van der Waals surface area contributed by atoms with Crippen molar-refractivity contribution in [3.05, 3.63) is 84.8 Å². The molecule has 30 heavy (non-hydrogen) atoms. The standard InChI is InChI=1S/C25H25N5/c1-18(27-22-9-6-19(7-10-22)17-30-13-2-3-14-30)25-23-15-20(8-11-24(23)28-29-25)21-5-4-12-26-16-21/h4-12,15-16,27H,1-3,13-14,17H2,(H,28,29). The van der Waals surface area contributed by atoms with Crippen LogP contribution in [0.15, 0.2) is 73.6 Å². The SMILES string of the molecule is C=C(Nc1ccc(CN2CCCC2)cc1)c1n[nH]c2ccc(-c3cccnc3)cc12. The van der Waals surface area contributed by atoms with E-state index in [9.17, 15) is 0 Å². The van der Waals surface area contributed by atoms with E-state index >= 15 is 0 Å². The first-order valence-electron chi connectivity index (χ1n) is 10.4. The molecule has 3 heterocycles. The molecule has 5 rings (SSSR count). The van der Waals surface area contributed by atoms with Gasteiger partial charge in [-0.05, 0) is 67.4 Å². The van der Waals surface area contributed by atoms with Crippen molar-refractivity contribution in [2.24, 2.45) is 0 Å². The van der Waals surface area contributed by atoms with Gasteiger partial charge in [-0.15, -0.1) is 0 Å². The molecule has 1 fully saturated rings. The van der Waals surface area contributed by atoms with Crippen molar-refractivity contribution in [2.75, 3.05) is 18.4 Å². The van der Waals surface area contributed by atoms with E-state index in [2.05, 4.69) is 80.5 Å². The third-order valence-electron chi connectivity index (χ3n) is 5.70. The van der Waals surface area contributed by atoms with E-state index in [4.69, 9.17) is 0 Å². The van der Waals surface area contributed by atoms with Crippen LogP contribution in [0.2, 0.25) is 0 Å². The first-order chi connectivity index (χ1) is 14.8. The van der Waals surface area contributed by atoms with Gasteiger partial charge >= 0.3 is 0 Å². The van der Waals surface area contributed by atoms with Gasteiger partial charge in [0.15, 0.2) is 0 Å². The van der Waals surface area contributed by atoms with Crippen molar-refractivity contribution in [3.63, 3.8) is 0 Å². The molecule has 0 spiro atoms. The van der Waals surface area contributed by atoms with Crippen LogP contribution in [-0.4, -0.2) is 33.2 Å². The van der Waals surface area contributed by atoms with Crippen molar-refractivity contribution < 1.29 is 0 Å². The molecule has 4 aromatic rings. The Morgan fingerprint density at radius 2 is 1.87 bits per heavy atom. The summed E-state index contributed by atoms with van der Waals surface area (Å²) in [5, 5.41) is 12.1. The van der Waals surface area contributed by atoms with Crippen LogP contribution in [0.5, 0.6) is 0 Å². The maximum atomic E-state index is 4.50. The summed E-state index contributed by atoms with van der Waals surface area (Å²) in [7, 11) is 0. The van der Waals surface area contributed by atoms with E-state index < -0.39 is 0 Å². The summed E-state index contributed by atoms with van der Waals surface area (Å²) >= 11 is 0. The highest BCUT2D eigenvalue weighted by Gasteiger charge is 2.13. The second-order valence-electron chi connectivity index (χ2n) is 7.86. The molecule has 0 bridgehead atoms. The summed E-state index contributed by atoms with van der Waals surface area (Å²) in [6.45, 7) is 7.69. The summed E-state index contributed by atoms with van der Waals surface area (Å²) in [6.07, 6.45) is 6.30. The number of aromatic amines is 1. The molecular weight excluding hydrogens is 370 g/mol. The summed E-state index contributed by atoms with van der Waals surface area (Å²) in [5.74, 6) is 0. The summed E-state index contributed by atoms with van der Waals surface area (Å²) in [6, 6.07) is 18.9. The highest BCUT2D eigenvalue weighted by atomic mass is 15.1. The minimum absolute atomic E-state index is 0.775. The lowest BCUT2D eigenvalue weighted by Crippen LogP contribution is -2.18. The van der Waals surface area contributed by atoms with E-state index in [0.29, 0.717) is 0 Å². The Kier molecular flexibility index (Phi) is 5.03. The zero-order chi connectivity index (χ0) is 20.3. The van der Waals surface area contributed by atoms with Crippen molar-refractivity contribution in [1.82, 2.24) is 20.1 Å². The van der Waals surface area contributed by atoms with Crippen molar-refractivity contribution in [1.29, 1.82) is 0 Å². The maximum absolute atomic E-state index is 4.50.